The van der Waals surface area contributed by atoms with E-state index in [4.69, 9.17) is 10.5 Å². The van der Waals surface area contributed by atoms with Gasteiger partial charge in [0.15, 0.2) is 0 Å². The first-order valence-corrected chi connectivity index (χ1v) is 5.68. The van der Waals surface area contributed by atoms with E-state index in [1.807, 2.05) is 0 Å². The molecule has 6 heteroatoms. The molecule has 0 spiro atoms. The Morgan fingerprint density at radius 2 is 2.35 bits per heavy atom. The lowest BCUT2D eigenvalue weighted by molar-refractivity contribution is -0.386. The average Bonchev–Trinajstić information content (AvgIpc) is 2.29. The lowest BCUT2D eigenvalue weighted by atomic mass is 9.94. The number of ether oxygens (including phenoxy) is 1. The zero-order chi connectivity index (χ0) is 12.3. The highest BCUT2D eigenvalue weighted by atomic mass is 16.6. The van der Waals surface area contributed by atoms with Crippen molar-refractivity contribution in [2.45, 2.75) is 37.8 Å². The standard InChI is InChI=1S/C11H15N3O3/c12-8-3-1-4-9(7-8)17-11-10(14(15)16)5-2-6-13-11/h2,5-6,8-9H,1,3-4,7,12H2. The molecular formula is C11H15N3O3. The van der Waals surface area contributed by atoms with E-state index in [1.165, 1.54) is 18.3 Å². The molecule has 1 saturated carbocycles. The molecule has 0 saturated heterocycles. The highest BCUT2D eigenvalue weighted by molar-refractivity contribution is 5.39. The van der Waals surface area contributed by atoms with Gasteiger partial charge in [-0.15, -0.1) is 0 Å². The van der Waals surface area contributed by atoms with Gasteiger partial charge >= 0.3 is 5.69 Å². The van der Waals surface area contributed by atoms with Crippen LogP contribution < -0.4 is 10.5 Å². The van der Waals surface area contributed by atoms with Crippen LogP contribution in [-0.2, 0) is 0 Å². The van der Waals surface area contributed by atoms with Crippen LogP contribution >= 0.6 is 0 Å². The second-order valence-corrected chi connectivity index (χ2v) is 4.25. The van der Waals surface area contributed by atoms with Crippen molar-refractivity contribution in [2.75, 3.05) is 0 Å². The van der Waals surface area contributed by atoms with E-state index in [0.717, 1.165) is 25.7 Å². The van der Waals surface area contributed by atoms with Gasteiger partial charge in [-0.05, 0) is 31.7 Å². The van der Waals surface area contributed by atoms with E-state index in [0.29, 0.717) is 0 Å². The molecular weight excluding hydrogens is 222 g/mol. The van der Waals surface area contributed by atoms with Crippen molar-refractivity contribution in [3.8, 4) is 5.88 Å². The predicted molar refractivity (Wildman–Crippen MR) is 61.8 cm³/mol. The molecule has 2 atom stereocenters. The third-order valence-corrected chi connectivity index (χ3v) is 2.89. The number of nitro groups is 1. The fourth-order valence-corrected chi connectivity index (χ4v) is 2.06. The van der Waals surface area contributed by atoms with Crippen LogP contribution in [0.4, 0.5) is 5.69 Å². The maximum atomic E-state index is 10.8. The summed E-state index contributed by atoms with van der Waals surface area (Å²) in [6.07, 6.45) is 5.02. The lowest BCUT2D eigenvalue weighted by Gasteiger charge is -2.26. The summed E-state index contributed by atoms with van der Waals surface area (Å²) >= 11 is 0. The van der Waals surface area contributed by atoms with Gasteiger partial charge in [0.25, 0.3) is 5.88 Å². The van der Waals surface area contributed by atoms with Crippen LogP contribution in [0.5, 0.6) is 5.88 Å². The van der Waals surface area contributed by atoms with Gasteiger partial charge in [0.05, 0.1) is 4.92 Å². The minimum absolute atomic E-state index is 0.0626. The van der Waals surface area contributed by atoms with Crippen LogP contribution in [0.2, 0.25) is 0 Å². The minimum atomic E-state index is -0.481. The molecule has 2 unspecified atom stereocenters. The van der Waals surface area contributed by atoms with Crippen LogP contribution in [0.15, 0.2) is 18.3 Å². The number of hydrogen-bond acceptors (Lipinski definition) is 5. The zero-order valence-corrected chi connectivity index (χ0v) is 9.41. The van der Waals surface area contributed by atoms with E-state index in [9.17, 15) is 10.1 Å². The van der Waals surface area contributed by atoms with Gasteiger partial charge in [-0.25, -0.2) is 4.98 Å². The monoisotopic (exact) mass is 237 g/mol. The normalized spacial score (nSPS) is 24.3. The molecule has 0 amide bonds. The van der Waals surface area contributed by atoms with E-state index >= 15 is 0 Å². The third kappa shape index (κ3) is 2.91. The Morgan fingerprint density at radius 1 is 1.53 bits per heavy atom. The zero-order valence-electron chi connectivity index (χ0n) is 9.41. The fraction of sp³-hybridized carbons (Fsp3) is 0.545. The molecule has 0 aromatic carbocycles. The Morgan fingerprint density at radius 3 is 3.06 bits per heavy atom. The minimum Gasteiger partial charge on any atom is -0.469 e. The molecule has 1 aliphatic rings. The summed E-state index contributed by atoms with van der Waals surface area (Å²) in [5.41, 5.74) is 5.75. The lowest BCUT2D eigenvalue weighted by Crippen LogP contribution is -2.34. The van der Waals surface area contributed by atoms with Crippen molar-refractivity contribution in [2.24, 2.45) is 5.73 Å². The Kier molecular flexibility index (Phi) is 3.53. The second kappa shape index (κ2) is 5.09. The summed E-state index contributed by atoms with van der Waals surface area (Å²) < 4.78 is 5.59. The molecule has 1 aliphatic carbocycles. The number of nitrogens with two attached hydrogens (primary N) is 1. The number of nitrogens with zero attached hydrogens (tertiary/aromatic N) is 2. The number of aromatic nitrogens is 1. The van der Waals surface area contributed by atoms with Crippen molar-refractivity contribution in [3.63, 3.8) is 0 Å². The largest absolute Gasteiger partial charge is 0.469 e. The van der Waals surface area contributed by atoms with Gasteiger partial charge < -0.3 is 10.5 Å². The Bertz CT molecular complexity index is 411. The molecule has 2 rings (SSSR count). The predicted octanol–water partition coefficient (Wildman–Crippen LogP) is 1.64. The summed E-state index contributed by atoms with van der Waals surface area (Å²) in [4.78, 5) is 14.2. The molecule has 0 radical (unpaired) electrons. The highest BCUT2D eigenvalue weighted by Gasteiger charge is 2.24. The van der Waals surface area contributed by atoms with Crippen molar-refractivity contribution < 1.29 is 9.66 Å². The van der Waals surface area contributed by atoms with Crippen LogP contribution in [0.1, 0.15) is 25.7 Å². The van der Waals surface area contributed by atoms with E-state index in [1.54, 1.807) is 0 Å². The molecule has 1 heterocycles. The maximum Gasteiger partial charge on any atom is 0.330 e. The molecule has 92 valence electrons. The van der Waals surface area contributed by atoms with Crippen molar-refractivity contribution >= 4 is 5.69 Å². The quantitative estimate of drug-likeness (QED) is 0.637. The van der Waals surface area contributed by atoms with Crippen molar-refractivity contribution in [1.82, 2.24) is 4.98 Å². The van der Waals surface area contributed by atoms with Crippen molar-refractivity contribution in [1.29, 1.82) is 0 Å². The van der Waals surface area contributed by atoms with Crippen LogP contribution in [-0.4, -0.2) is 22.1 Å². The highest BCUT2D eigenvalue weighted by Crippen LogP contribution is 2.27. The van der Waals surface area contributed by atoms with Gasteiger partial charge in [-0.3, -0.25) is 10.1 Å². The molecule has 1 aromatic heterocycles. The Hall–Kier alpha value is -1.69. The van der Waals surface area contributed by atoms with Crippen LogP contribution in [0, 0.1) is 10.1 Å². The first kappa shape index (κ1) is 11.8. The second-order valence-electron chi connectivity index (χ2n) is 4.25. The summed E-state index contributed by atoms with van der Waals surface area (Å²) in [7, 11) is 0. The number of pyridine rings is 1. The smallest absolute Gasteiger partial charge is 0.330 e. The molecule has 2 N–H and O–H groups in total. The first-order valence-electron chi connectivity index (χ1n) is 5.68. The van der Waals surface area contributed by atoms with Gasteiger partial charge in [0, 0.05) is 18.3 Å². The maximum absolute atomic E-state index is 10.8. The van der Waals surface area contributed by atoms with E-state index in [2.05, 4.69) is 4.98 Å². The summed E-state index contributed by atoms with van der Waals surface area (Å²) in [6.45, 7) is 0. The fourth-order valence-electron chi connectivity index (χ4n) is 2.06. The van der Waals surface area contributed by atoms with Crippen LogP contribution in [0.3, 0.4) is 0 Å². The molecule has 17 heavy (non-hydrogen) atoms. The number of hydrogen-bond donors (Lipinski definition) is 1. The molecule has 1 aromatic rings. The molecule has 0 bridgehead atoms. The summed E-state index contributed by atoms with van der Waals surface area (Å²) in [5.74, 6) is 0.0941. The van der Waals surface area contributed by atoms with E-state index < -0.39 is 4.92 Å². The number of rotatable bonds is 3. The van der Waals surface area contributed by atoms with Crippen molar-refractivity contribution in [3.05, 3.63) is 28.4 Å². The molecule has 1 fully saturated rings. The first-order chi connectivity index (χ1) is 8.16. The van der Waals surface area contributed by atoms with E-state index in [-0.39, 0.29) is 23.7 Å². The Labute approximate surface area is 98.9 Å². The van der Waals surface area contributed by atoms with Gasteiger partial charge in [0.2, 0.25) is 0 Å². The van der Waals surface area contributed by atoms with Gasteiger partial charge in [-0.1, -0.05) is 0 Å². The molecule has 0 aliphatic heterocycles. The average molecular weight is 237 g/mol. The topological polar surface area (TPSA) is 91.3 Å². The van der Waals surface area contributed by atoms with Gasteiger partial charge in [0.1, 0.15) is 6.10 Å². The Balaban J connectivity index is 2.10. The van der Waals surface area contributed by atoms with Crippen LogP contribution in [0.25, 0.3) is 0 Å². The molecule has 6 nitrogen and oxygen atoms in total. The third-order valence-electron chi connectivity index (χ3n) is 2.89. The summed E-state index contributed by atoms with van der Waals surface area (Å²) in [5, 5.41) is 10.8. The SMILES string of the molecule is NC1CCCC(Oc2ncccc2[N+](=O)[O-])C1. The van der Waals surface area contributed by atoms with Gasteiger partial charge in [-0.2, -0.15) is 0 Å². The summed E-state index contributed by atoms with van der Waals surface area (Å²) in [6, 6.07) is 3.04.